The van der Waals surface area contributed by atoms with Gasteiger partial charge in [0.15, 0.2) is 0 Å². The van der Waals surface area contributed by atoms with E-state index >= 15 is 0 Å². The Morgan fingerprint density at radius 2 is 2.33 bits per heavy atom. The van der Waals surface area contributed by atoms with Gasteiger partial charge in [-0.05, 0) is 36.0 Å². The van der Waals surface area contributed by atoms with Gasteiger partial charge in [0.2, 0.25) is 0 Å². The minimum absolute atomic E-state index is 0.228. The summed E-state index contributed by atoms with van der Waals surface area (Å²) in [5.41, 5.74) is 3.95. The van der Waals surface area contributed by atoms with Crippen LogP contribution in [0.1, 0.15) is 23.1 Å². The summed E-state index contributed by atoms with van der Waals surface area (Å²) >= 11 is 0. The van der Waals surface area contributed by atoms with Crippen molar-refractivity contribution in [3.05, 3.63) is 34.9 Å². The lowest BCUT2D eigenvalue weighted by atomic mass is 9.84. The molecule has 0 saturated carbocycles. The maximum Gasteiger partial charge on any atom is 0.123 e. The van der Waals surface area contributed by atoms with Crippen LogP contribution in [0.5, 0.6) is 0 Å². The summed E-state index contributed by atoms with van der Waals surface area (Å²) in [4.78, 5) is 10.7. The van der Waals surface area contributed by atoms with Crippen LogP contribution in [0.2, 0.25) is 0 Å². The summed E-state index contributed by atoms with van der Waals surface area (Å²) in [6.07, 6.45) is 4.02. The van der Waals surface area contributed by atoms with Gasteiger partial charge in [0.25, 0.3) is 0 Å². The van der Waals surface area contributed by atoms with E-state index in [-0.39, 0.29) is 5.92 Å². The van der Waals surface area contributed by atoms with Crippen LogP contribution in [0.4, 0.5) is 0 Å². The first-order valence-corrected chi connectivity index (χ1v) is 5.38. The minimum Gasteiger partial charge on any atom is -0.380 e. The molecule has 0 unspecified atom stereocenters. The summed E-state index contributed by atoms with van der Waals surface area (Å²) in [6, 6.07) is 6.44. The fourth-order valence-electron chi connectivity index (χ4n) is 2.21. The maximum atomic E-state index is 10.7. The van der Waals surface area contributed by atoms with E-state index in [0.717, 1.165) is 25.5 Å². The van der Waals surface area contributed by atoms with E-state index in [1.165, 1.54) is 16.7 Å². The minimum atomic E-state index is 0.228. The number of methoxy groups -OCH3 is 1. The fraction of sp³-hybridized carbons (Fsp3) is 0.462. The van der Waals surface area contributed by atoms with Crippen LogP contribution in [0.3, 0.4) is 0 Å². The van der Waals surface area contributed by atoms with Crippen LogP contribution in [-0.2, 0) is 29.0 Å². The normalized spacial score (nSPS) is 19.7. The Hall–Kier alpha value is -1.15. The molecule has 0 bridgehead atoms. The molecule has 15 heavy (non-hydrogen) atoms. The maximum absolute atomic E-state index is 10.7. The van der Waals surface area contributed by atoms with Crippen LogP contribution in [0.15, 0.2) is 18.2 Å². The molecule has 0 radical (unpaired) electrons. The van der Waals surface area contributed by atoms with Gasteiger partial charge in [-0.2, -0.15) is 0 Å². The number of ether oxygens (including phenoxy) is 1. The second-order valence-electron chi connectivity index (χ2n) is 4.18. The molecule has 0 aromatic heterocycles. The predicted molar refractivity (Wildman–Crippen MR) is 58.7 cm³/mol. The Bertz CT molecular complexity index is 358. The number of rotatable bonds is 3. The van der Waals surface area contributed by atoms with Gasteiger partial charge in [0.1, 0.15) is 6.29 Å². The average molecular weight is 204 g/mol. The number of hydrogen-bond donors (Lipinski definition) is 0. The topological polar surface area (TPSA) is 26.3 Å². The second-order valence-corrected chi connectivity index (χ2v) is 4.18. The first-order chi connectivity index (χ1) is 7.33. The number of benzene rings is 1. The molecule has 2 nitrogen and oxygen atoms in total. The molecule has 1 aromatic rings. The van der Waals surface area contributed by atoms with E-state index in [0.29, 0.717) is 6.61 Å². The van der Waals surface area contributed by atoms with Crippen molar-refractivity contribution in [2.24, 2.45) is 5.92 Å². The molecule has 0 saturated heterocycles. The summed E-state index contributed by atoms with van der Waals surface area (Å²) in [7, 11) is 1.71. The van der Waals surface area contributed by atoms with E-state index < -0.39 is 0 Å². The SMILES string of the molecule is COCc1ccc2c(c1)CC[C@H](C=O)C2. The molecule has 1 aliphatic rings. The van der Waals surface area contributed by atoms with Crippen LogP contribution in [-0.4, -0.2) is 13.4 Å². The predicted octanol–water partition coefficient (Wildman–Crippen LogP) is 2.14. The Kier molecular flexibility index (Phi) is 3.17. The number of fused-ring (bicyclic) bond motifs is 1. The van der Waals surface area contributed by atoms with Crippen LogP contribution in [0, 0.1) is 5.92 Å². The van der Waals surface area contributed by atoms with Crippen molar-refractivity contribution < 1.29 is 9.53 Å². The zero-order valence-electron chi connectivity index (χ0n) is 9.03. The van der Waals surface area contributed by atoms with Gasteiger partial charge in [-0.3, -0.25) is 0 Å². The third-order valence-electron chi connectivity index (χ3n) is 3.04. The number of carbonyl (C=O) groups is 1. The Morgan fingerprint density at radius 1 is 1.47 bits per heavy atom. The van der Waals surface area contributed by atoms with E-state index in [1.54, 1.807) is 7.11 Å². The largest absolute Gasteiger partial charge is 0.380 e. The molecule has 0 N–H and O–H groups in total. The molecule has 0 amide bonds. The Morgan fingerprint density at radius 3 is 3.07 bits per heavy atom. The van der Waals surface area contributed by atoms with Crippen molar-refractivity contribution in [2.45, 2.75) is 25.9 Å². The zero-order chi connectivity index (χ0) is 10.7. The van der Waals surface area contributed by atoms with Crippen molar-refractivity contribution in [3.8, 4) is 0 Å². The summed E-state index contributed by atoms with van der Waals surface area (Å²) in [6.45, 7) is 0.671. The smallest absolute Gasteiger partial charge is 0.123 e. The first kappa shape index (κ1) is 10.4. The molecule has 2 heteroatoms. The summed E-state index contributed by atoms with van der Waals surface area (Å²) in [5, 5.41) is 0. The molecule has 1 aliphatic carbocycles. The summed E-state index contributed by atoms with van der Waals surface area (Å²) in [5.74, 6) is 0.228. The van der Waals surface area contributed by atoms with Gasteiger partial charge >= 0.3 is 0 Å². The third kappa shape index (κ3) is 2.26. The van der Waals surface area contributed by atoms with Crippen molar-refractivity contribution in [3.63, 3.8) is 0 Å². The zero-order valence-corrected chi connectivity index (χ0v) is 9.03. The molecule has 1 atom stereocenters. The third-order valence-corrected chi connectivity index (χ3v) is 3.04. The summed E-state index contributed by atoms with van der Waals surface area (Å²) < 4.78 is 5.11. The molecule has 0 heterocycles. The van der Waals surface area contributed by atoms with Gasteiger partial charge in [-0.15, -0.1) is 0 Å². The molecular formula is C13H16O2. The molecule has 0 fully saturated rings. The average Bonchev–Trinajstić information content (AvgIpc) is 2.29. The number of hydrogen-bond acceptors (Lipinski definition) is 2. The van der Waals surface area contributed by atoms with Gasteiger partial charge in [0.05, 0.1) is 6.61 Å². The van der Waals surface area contributed by atoms with Crippen LogP contribution in [0.25, 0.3) is 0 Å². The highest BCUT2D eigenvalue weighted by atomic mass is 16.5. The Labute approximate surface area is 90.3 Å². The monoisotopic (exact) mass is 204 g/mol. The van der Waals surface area contributed by atoms with E-state index in [4.69, 9.17) is 4.74 Å². The van der Waals surface area contributed by atoms with Gasteiger partial charge in [-0.1, -0.05) is 18.2 Å². The van der Waals surface area contributed by atoms with E-state index in [2.05, 4.69) is 18.2 Å². The van der Waals surface area contributed by atoms with Crippen LogP contribution < -0.4 is 0 Å². The molecule has 2 rings (SSSR count). The number of aryl methyl sites for hydroxylation is 1. The first-order valence-electron chi connectivity index (χ1n) is 5.38. The van der Waals surface area contributed by atoms with Crippen molar-refractivity contribution in [1.29, 1.82) is 0 Å². The Balaban J connectivity index is 2.20. The number of aldehydes is 1. The highest BCUT2D eigenvalue weighted by molar-refractivity contribution is 5.56. The lowest BCUT2D eigenvalue weighted by Gasteiger charge is -2.21. The lowest BCUT2D eigenvalue weighted by Crippen LogP contribution is -2.15. The number of carbonyl (C=O) groups excluding carboxylic acids is 1. The van der Waals surface area contributed by atoms with E-state index in [9.17, 15) is 4.79 Å². The molecule has 0 aliphatic heterocycles. The molecule has 1 aromatic carbocycles. The van der Waals surface area contributed by atoms with Crippen molar-refractivity contribution >= 4 is 6.29 Å². The standard InChI is InChI=1S/C13H16O2/c1-15-9-11-3-5-12-6-10(8-14)2-4-13(12)7-11/h3,5,7-8,10H,2,4,6,9H2,1H3/t10-/m0/s1. The fourth-order valence-corrected chi connectivity index (χ4v) is 2.21. The van der Waals surface area contributed by atoms with Gasteiger partial charge in [0, 0.05) is 13.0 Å². The molecular weight excluding hydrogens is 188 g/mol. The highest BCUT2D eigenvalue weighted by Crippen LogP contribution is 2.25. The second kappa shape index (κ2) is 4.58. The van der Waals surface area contributed by atoms with Crippen molar-refractivity contribution in [1.82, 2.24) is 0 Å². The van der Waals surface area contributed by atoms with Gasteiger partial charge < -0.3 is 9.53 Å². The highest BCUT2D eigenvalue weighted by Gasteiger charge is 2.17. The van der Waals surface area contributed by atoms with E-state index in [1.807, 2.05) is 0 Å². The van der Waals surface area contributed by atoms with Gasteiger partial charge in [-0.25, -0.2) is 0 Å². The molecule has 80 valence electrons. The molecule has 0 spiro atoms. The quantitative estimate of drug-likeness (QED) is 0.705. The lowest BCUT2D eigenvalue weighted by molar-refractivity contribution is -0.111. The van der Waals surface area contributed by atoms with Crippen LogP contribution >= 0.6 is 0 Å². The van der Waals surface area contributed by atoms with Crippen molar-refractivity contribution in [2.75, 3.05) is 7.11 Å².